The second kappa shape index (κ2) is 14.5. The minimum atomic E-state index is -1.20. The molecule has 0 spiro atoms. The normalized spacial score (nSPS) is 19.0. The van der Waals surface area contributed by atoms with E-state index in [1.54, 1.807) is 30.3 Å². The van der Waals surface area contributed by atoms with Gasteiger partial charge in [0.15, 0.2) is 12.3 Å². The van der Waals surface area contributed by atoms with E-state index in [9.17, 15) is 19.2 Å². The second-order valence-corrected chi connectivity index (χ2v) is 11.4. The summed E-state index contributed by atoms with van der Waals surface area (Å²) >= 11 is 0. The number of hydrogen-bond donors (Lipinski definition) is 1. The Hall–Kier alpha value is -5.58. The van der Waals surface area contributed by atoms with Crippen molar-refractivity contribution in [3.8, 4) is 0 Å². The topological polar surface area (TPSA) is 126 Å². The van der Waals surface area contributed by atoms with Gasteiger partial charge in [-0.05, 0) is 28.8 Å². The molecular weight excluding hydrogens is 612 g/mol. The van der Waals surface area contributed by atoms with Crippen LogP contribution in [-0.2, 0) is 29.3 Å². The molecule has 4 atom stereocenters. The Morgan fingerprint density at radius 3 is 1.79 bits per heavy atom. The van der Waals surface area contributed by atoms with Gasteiger partial charge in [0.1, 0.15) is 5.60 Å². The average Bonchev–Trinajstić information content (AvgIpc) is 3.45. The number of hydrogen-bond acceptors (Lipinski definition) is 8. The Bertz CT molecular complexity index is 1850. The van der Waals surface area contributed by atoms with Crippen LogP contribution < -0.4 is 11.2 Å². The minimum absolute atomic E-state index is 0.0890. The highest BCUT2D eigenvalue weighted by atomic mass is 16.6. The molecule has 0 amide bonds. The summed E-state index contributed by atoms with van der Waals surface area (Å²) in [6, 6.07) is 38.8. The summed E-state index contributed by atoms with van der Waals surface area (Å²) in [6.07, 6.45) is -2.16. The summed E-state index contributed by atoms with van der Waals surface area (Å²) in [7, 11) is 1.27. The predicted molar refractivity (Wildman–Crippen MR) is 176 cm³/mol. The number of nitrogens with one attached hydrogen (secondary N) is 1. The highest BCUT2D eigenvalue weighted by molar-refractivity contribution is 5.89. The molecule has 1 N–H and O–H groups in total. The molecule has 1 saturated heterocycles. The Morgan fingerprint density at radius 1 is 0.771 bits per heavy atom. The van der Waals surface area contributed by atoms with Crippen molar-refractivity contribution in [2.75, 3.05) is 13.7 Å². The van der Waals surface area contributed by atoms with Crippen LogP contribution in [0.25, 0.3) is 0 Å². The summed E-state index contributed by atoms with van der Waals surface area (Å²) in [5, 5.41) is 0. The molecule has 1 aliphatic rings. The molecule has 1 aliphatic heterocycles. The third-order valence-electron chi connectivity index (χ3n) is 8.51. The number of H-pyrrole nitrogens is 1. The number of ether oxygens (including phenoxy) is 4. The van der Waals surface area contributed by atoms with Gasteiger partial charge >= 0.3 is 17.6 Å². The predicted octanol–water partition coefficient (Wildman–Crippen LogP) is 4.85. The van der Waals surface area contributed by atoms with Gasteiger partial charge in [0.25, 0.3) is 5.56 Å². The average molecular weight is 647 g/mol. The first kappa shape index (κ1) is 32.4. The lowest BCUT2D eigenvalue weighted by Crippen LogP contribution is -2.40. The fraction of sp³-hybridized carbons (Fsp3) is 0.211. The summed E-state index contributed by atoms with van der Waals surface area (Å²) < 4.78 is 25.8. The van der Waals surface area contributed by atoms with Crippen molar-refractivity contribution in [2.24, 2.45) is 5.92 Å². The maximum atomic E-state index is 13.4. The van der Waals surface area contributed by atoms with Crippen molar-refractivity contribution in [2.45, 2.75) is 30.5 Å². The summed E-state index contributed by atoms with van der Waals surface area (Å²) in [6.45, 7) is -0.0890. The van der Waals surface area contributed by atoms with E-state index in [-0.39, 0.29) is 18.6 Å². The highest BCUT2D eigenvalue weighted by Gasteiger charge is 2.51. The summed E-state index contributed by atoms with van der Waals surface area (Å²) in [5.74, 6) is -2.05. The lowest BCUT2D eigenvalue weighted by Gasteiger charge is -2.37. The van der Waals surface area contributed by atoms with Crippen molar-refractivity contribution < 1.29 is 28.5 Å². The zero-order valence-electron chi connectivity index (χ0n) is 26.1. The van der Waals surface area contributed by atoms with E-state index in [0.29, 0.717) is 0 Å². The molecular formula is C38H34N2O8. The maximum Gasteiger partial charge on any atom is 0.338 e. The molecule has 2 heterocycles. The maximum absolute atomic E-state index is 13.4. The Labute approximate surface area is 276 Å². The third kappa shape index (κ3) is 6.62. The molecule has 10 nitrogen and oxygen atoms in total. The van der Waals surface area contributed by atoms with E-state index in [1.807, 2.05) is 91.0 Å². The highest BCUT2D eigenvalue weighted by Crippen LogP contribution is 2.43. The van der Waals surface area contributed by atoms with Crippen LogP contribution in [0.1, 0.15) is 39.7 Å². The summed E-state index contributed by atoms with van der Waals surface area (Å²) in [4.78, 5) is 53.5. The fourth-order valence-corrected chi connectivity index (χ4v) is 6.21. The molecule has 0 aliphatic carbocycles. The number of aromatic nitrogens is 2. The number of carbonyl (C=O) groups excluding carboxylic acids is 2. The van der Waals surface area contributed by atoms with Crippen LogP contribution in [0.15, 0.2) is 143 Å². The number of aromatic amines is 1. The SMILES string of the molecule is COC(=O)C[C@H]1[C@H](OC(=O)c2ccccc2)[C@H](n2ccc(=O)[nH]c2=O)O[C@@H]1COC(c1ccccc1)(c1ccccc1)c1ccccc1. The van der Waals surface area contributed by atoms with Gasteiger partial charge in [-0.3, -0.25) is 19.1 Å². The molecule has 0 bridgehead atoms. The molecule has 1 fully saturated rings. The van der Waals surface area contributed by atoms with E-state index in [0.717, 1.165) is 21.3 Å². The molecule has 1 aromatic heterocycles. The van der Waals surface area contributed by atoms with E-state index < -0.39 is 53.1 Å². The standard InChI is InChI=1S/C38H34N2O8/c1-45-33(42)24-30-31(47-35(40-23-22-32(41)39-37(40)44)34(30)48-36(43)26-14-6-2-7-15-26)25-46-38(27-16-8-3-9-17-27,28-18-10-4-11-19-28)29-20-12-5-13-21-29/h2-23,30-31,34-35H,24-25H2,1H3,(H,39,41,44)/t30-,31-,34+,35-/m1/s1. The van der Waals surface area contributed by atoms with Crippen LogP contribution >= 0.6 is 0 Å². The number of benzene rings is 4. The van der Waals surface area contributed by atoms with Crippen molar-refractivity contribution in [3.05, 3.63) is 177 Å². The molecule has 6 rings (SSSR count). The number of nitrogens with zero attached hydrogens (tertiary/aromatic N) is 1. The first-order chi connectivity index (χ1) is 23.4. The molecule has 10 heteroatoms. The van der Waals surface area contributed by atoms with Gasteiger partial charge in [-0.15, -0.1) is 0 Å². The monoisotopic (exact) mass is 646 g/mol. The van der Waals surface area contributed by atoms with Gasteiger partial charge in [-0.2, -0.15) is 0 Å². The lowest BCUT2D eigenvalue weighted by atomic mass is 9.80. The number of rotatable bonds is 11. The molecule has 244 valence electrons. The molecule has 5 aromatic rings. The zero-order chi connectivity index (χ0) is 33.5. The van der Waals surface area contributed by atoms with E-state index in [2.05, 4.69) is 4.98 Å². The van der Waals surface area contributed by atoms with Crippen LogP contribution in [-0.4, -0.2) is 47.4 Å². The van der Waals surface area contributed by atoms with Crippen molar-refractivity contribution in [1.82, 2.24) is 9.55 Å². The van der Waals surface area contributed by atoms with Gasteiger partial charge in [0.05, 0.1) is 31.8 Å². The number of carbonyl (C=O) groups is 2. The molecule has 0 radical (unpaired) electrons. The van der Waals surface area contributed by atoms with Crippen molar-refractivity contribution in [1.29, 1.82) is 0 Å². The lowest BCUT2D eigenvalue weighted by molar-refractivity contribution is -0.143. The summed E-state index contributed by atoms with van der Waals surface area (Å²) in [5.41, 5.74) is 0.348. The van der Waals surface area contributed by atoms with Crippen LogP contribution in [0, 0.1) is 5.92 Å². The Kier molecular flexibility index (Phi) is 9.75. The van der Waals surface area contributed by atoms with Crippen molar-refractivity contribution >= 4 is 11.9 Å². The second-order valence-electron chi connectivity index (χ2n) is 11.4. The smallest absolute Gasteiger partial charge is 0.338 e. The van der Waals surface area contributed by atoms with Crippen LogP contribution in [0.3, 0.4) is 0 Å². The first-order valence-electron chi connectivity index (χ1n) is 15.5. The van der Waals surface area contributed by atoms with Crippen LogP contribution in [0.4, 0.5) is 0 Å². The zero-order valence-corrected chi connectivity index (χ0v) is 26.1. The van der Waals surface area contributed by atoms with Gasteiger partial charge in [0, 0.05) is 18.2 Å². The first-order valence-corrected chi connectivity index (χ1v) is 15.5. The van der Waals surface area contributed by atoms with E-state index in [1.165, 1.54) is 19.4 Å². The number of esters is 2. The molecule has 0 unspecified atom stereocenters. The van der Waals surface area contributed by atoms with Gasteiger partial charge in [-0.25, -0.2) is 9.59 Å². The molecule has 4 aromatic carbocycles. The molecule has 48 heavy (non-hydrogen) atoms. The van der Waals surface area contributed by atoms with E-state index >= 15 is 0 Å². The van der Waals surface area contributed by atoms with Gasteiger partial charge in [0.2, 0.25) is 0 Å². The van der Waals surface area contributed by atoms with Gasteiger partial charge in [-0.1, -0.05) is 109 Å². The largest absolute Gasteiger partial charge is 0.469 e. The quantitative estimate of drug-likeness (QED) is 0.160. The Morgan fingerprint density at radius 2 is 1.29 bits per heavy atom. The van der Waals surface area contributed by atoms with Crippen LogP contribution in [0.5, 0.6) is 0 Å². The van der Waals surface area contributed by atoms with Crippen LogP contribution in [0.2, 0.25) is 0 Å². The Balaban J connectivity index is 1.44. The molecule has 0 saturated carbocycles. The minimum Gasteiger partial charge on any atom is -0.469 e. The number of methoxy groups -OCH3 is 1. The van der Waals surface area contributed by atoms with Crippen molar-refractivity contribution in [3.63, 3.8) is 0 Å². The fourth-order valence-electron chi connectivity index (χ4n) is 6.21. The van der Waals surface area contributed by atoms with Gasteiger partial charge < -0.3 is 18.9 Å². The van der Waals surface area contributed by atoms with E-state index in [4.69, 9.17) is 18.9 Å². The third-order valence-corrected chi connectivity index (χ3v) is 8.51.